The zero-order chi connectivity index (χ0) is 15.6. The fourth-order valence-corrected chi connectivity index (χ4v) is 4.21. The summed E-state index contributed by atoms with van der Waals surface area (Å²) in [5.74, 6) is 0.894. The molecule has 1 aliphatic carbocycles. The first-order chi connectivity index (χ1) is 9.89. The van der Waals surface area contributed by atoms with Gasteiger partial charge in [-0.15, -0.1) is 0 Å². The minimum absolute atomic E-state index is 0.125. The molecule has 3 N–H and O–H groups in total. The number of nitrogens with two attached hydrogens (primary N) is 1. The standard InChI is InChI=1S/C14H22N2O4S/c1-9-7-12(19-2)13(20-3)8-14(9)21(17,18)16-11-6-4-5-10(11)15/h7-8,10-11,16H,4-6,15H2,1-3H3. The molecule has 0 aromatic heterocycles. The predicted octanol–water partition coefficient (Wildman–Crippen LogP) is 1.17. The van der Waals surface area contributed by atoms with Gasteiger partial charge in [0.25, 0.3) is 0 Å². The molecule has 118 valence electrons. The third-order valence-corrected chi connectivity index (χ3v) is 5.48. The minimum atomic E-state index is -3.63. The topological polar surface area (TPSA) is 90.7 Å². The van der Waals surface area contributed by atoms with Crippen molar-refractivity contribution in [3.63, 3.8) is 0 Å². The second-order valence-electron chi connectivity index (χ2n) is 5.30. The molecule has 2 atom stereocenters. The Bertz CT molecular complexity index is 616. The van der Waals surface area contributed by atoms with E-state index in [0.717, 1.165) is 19.3 Å². The van der Waals surface area contributed by atoms with Crippen LogP contribution in [0.5, 0.6) is 11.5 Å². The van der Waals surface area contributed by atoms with Gasteiger partial charge in [-0.1, -0.05) is 6.42 Å². The highest BCUT2D eigenvalue weighted by Crippen LogP contribution is 2.32. The highest BCUT2D eigenvalue weighted by molar-refractivity contribution is 7.89. The van der Waals surface area contributed by atoms with Crippen LogP contribution in [-0.4, -0.2) is 34.7 Å². The van der Waals surface area contributed by atoms with Crippen molar-refractivity contribution >= 4 is 10.0 Å². The van der Waals surface area contributed by atoms with Crippen LogP contribution in [0.3, 0.4) is 0 Å². The molecule has 1 aliphatic rings. The van der Waals surface area contributed by atoms with Gasteiger partial charge in [-0.05, 0) is 31.4 Å². The van der Waals surface area contributed by atoms with Crippen molar-refractivity contribution in [2.75, 3.05) is 14.2 Å². The van der Waals surface area contributed by atoms with Crippen molar-refractivity contribution < 1.29 is 17.9 Å². The van der Waals surface area contributed by atoms with E-state index in [9.17, 15) is 8.42 Å². The van der Waals surface area contributed by atoms with E-state index >= 15 is 0 Å². The normalized spacial score (nSPS) is 22.3. The van der Waals surface area contributed by atoms with E-state index in [2.05, 4.69) is 4.72 Å². The van der Waals surface area contributed by atoms with Crippen LogP contribution in [-0.2, 0) is 10.0 Å². The second-order valence-corrected chi connectivity index (χ2v) is 6.98. The van der Waals surface area contributed by atoms with Gasteiger partial charge in [0, 0.05) is 18.2 Å². The molecule has 0 amide bonds. The lowest BCUT2D eigenvalue weighted by molar-refractivity contribution is 0.353. The largest absolute Gasteiger partial charge is 0.493 e. The number of hydrogen-bond donors (Lipinski definition) is 2. The maximum absolute atomic E-state index is 12.6. The van der Waals surface area contributed by atoms with Gasteiger partial charge in [0.1, 0.15) is 0 Å². The van der Waals surface area contributed by atoms with Crippen LogP contribution in [0.1, 0.15) is 24.8 Å². The Labute approximate surface area is 125 Å². The van der Waals surface area contributed by atoms with Crippen LogP contribution in [0.15, 0.2) is 17.0 Å². The SMILES string of the molecule is COc1cc(C)c(S(=O)(=O)NC2CCCC2N)cc1OC. The molecule has 0 saturated heterocycles. The maximum Gasteiger partial charge on any atom is 0.241 e. The van der Waals surface area contributed by atoms with Crippen molar-refractivity contribution in [2.24, 2.45) is 5.73 Å². The van der Waals surface area contributed by atoms with Gasteiger partial charge in [0.15, 0.2) is 11.5 Å². The van der Waals surface area contributed by atoms with Crippen LogP contribution in [0, 0.1) is 6.92 Å². The lowest BCUT2D eigenvalue weighted by Crippen LogP contribution is -2.44. The highest BCUT2D eigenvalue weighted by Gasteiger charge is 2.30. The molecule has 2 rings (SSSR count). The summed E-state index contributed by atoms with van der Waals surface area (Å²) in [4.78, 5) is 0.194. The molecule has 0 radical (unpaired) electrons. The molecule has 7 heteroatoms. The summed E-state index contributed by atoms with van der Waals surface area (Å²) in [5.41, 5.74) is 6.54. The molecule has 1 aromatic rings. The van der Waals surface area contributed by atoms with Gasteiger partial charge in [-0.3, -0.25) is 0 Å². The third kappa shape index (κ3) is 3.30. The molecule has 1 aromatic carbocycles. The Hall–Kier alpha value is -1.31. The van der Waals surface area contributed by atoms with Gasteiger partial charge in [0.2, 0.25) is 10.0 Å². The number of methoxy groups -OCH3 is 2. The summed E-state index contributed by atoms with van der Waals surface area (Å²) >= 11 is 0. The Morgan fingerprint density at radius 1 is 1.19 bits per heavy atom. The van der Waals surface area contributed by atoms with Crippen molar-refractivity contribution in [3.8, 4) is 11.5 Å². The molecule has 1 fully saturated rings. The molecule has 6 nitrogen and oxygen atoms in total. The molecule has 0 spiro atoms. The molecule has 0 aliphatic heterocycles. The van der Waals surface area contributed by atoms with Crippen molar-refractivity contribution in [3.05, 3.63) is 17.7 Å². The Morgan fingerprint density at radius 2 is 1.81 bits per heavy atom. The first kappa shape index (κ1) is 16.1. The van der Waals surface area contributed by atoms with E-state index in [1.54, 1.807) is 13.0 Å². The number of aryl methyl sites for hydroxylation is 1. The summed E-state index contributed by atoms with van der Waals surface area (Å²) in [7, 11) is -0.639. The first-order valence-corrected chi connectivity index (χ1v) is 8.38. The summed E-state index contributed by atoms with van der Waals surface area (Å²) in [6, 6.07) is 2.81. The average molecular weight is 314 g/mol. The van der Waals surface area contributed by atoms with E-state index in [-0.39, 0.29) is 17.0 Å². The monoisotopic (exact) mass is 314 g/mol. The van der Waals surface area contributed by atoms with Gasteiger partial charge in [-0.2, -0.15) is 0 Å². The number of sulfonamides is 1. The van der Waals surface area contributed by atoms with Gasteiger partial charge < -0.3 is 15.2 Å². The zero-order valence-corrected chi connectivity index (χ0v) is 13.4. The van der Waals surface area contributed by atoms with Crippen LogP contribution >= 0.6 is 0 Å². The van der Waals surface area contributed by atoms with Gasteiger partial charge in [-0.25, -0.2) is 13.1 Å². The molecular formula is C14H22N2O4S. The van der Waals surface area contributed by atoms with Crippen molar-refractivity contribution in [2.45, 2.75) is 43.2 Å². The van der Waals surface area contributed by atoms with Gasteiger partial charge in [0.05, 0.1) is 19.1 Å². The molecule has 21 heavy (non-hydrogen) atoms. The maximum atomic E-state index is 12.6. The second kappa shape index (κ2) is 6.21. The number of hydrogen-bond acceptors (Lipinski definition) is 5. The van der Waals surface area contributed by atoms with Crippen LogP contribution in [0.2, 0.25) is 0 Å². The van der Waals surface area contributed by atoms with Crippen molar-refractivity contribution in [1.82, 2.24) is 4.72 Å². The molecule has 1 saturated carbocycles. The molecule has 2 unspecified atom stereocenters. The zero-order valence-electron chi connectivity index (χ0n) is 12.5. The summed E-state index contributed by atoms with van der Waals surface area (Å²) in [6.45, 7) is 1.73. The number of rotatable bonds is 5. The van der Waals surface area contributed by atoms with Crippen LogP contribution < -0.4 is 19.9 Å². The van der Waals surface area contributed by atoms with E-state index < -0.39 is 10.0 Å². The Morgan fingerprint density at radius 3 is 2.33 bits per heavy atom. The minimum Gasteiger partial charge on any atom is -0.493 e. The Kier molecular flexibility index (Phi) is 4.75. The first-order valence-electron chi connectivity index (χ1n) is 6.89. The lowest BCUT2D eigenvalue weighted by atomic mass is 10.2. The quantitative estimate of drug-likeness (QED) is 0.851. The fraction of sp³-hybridized carbons (Fsp3) is 0.571. The smallest absolute Gasteiger partial charge is 0.241 e. The number of nitrogens with one attached hydrogen (secondary N) is 1. The average Bonchev–Trinajstić information content (AvgIpc) is 2.82. The number of ether oxygens (including phenoxy) is 2. The van der Waals surface area contributed by atoms with E-state index in [4.69, 9.17) is 15.2 Å². The van der Waals surface area contributed by atoms with E-state index in [1.807, 2.05) is 0 Å². The van der Waals surface area contributed by atoms with E-state index in [0.29, 0.717) is 17.1 Å². The fourth-order valence-electron chi connectivity index (χ4n) is 2.65. The number of benzene rings is 1. The molecule has 0 heterocycles. The van der Waals surface area contributed by atoms with Gasteiger partial charge >= 0.3 is 0 Å². The molecular weight excluding hydrogens is 292 g/mol. The predicted molar refractivity (Wildman–Crippen MR) is 80.2 cm³/mol. The van der Waals surface area contributed by atoms with E-state index in [1.165, 1.54) is 20.3 Å². The third-order valence-electron chi connectivity index (χ3n) is 3.85. The summed E-state index contributed by atoms with van der Waals surface area (Å²) in [6.07, 6.45) is 2.56. The highest BCUT2D eigenvalue weighted by atomic mass is 32.2. The lowest BCUT2D eigenvalue weighted by Gasteiger charge is -2.19. The molecule has 0 bridgehead atoms. The van der Waals surface area contributed by atoms with Crippen molar-refractivity contribution in [1.29, 1.82) is 0 Å². The van der Waals surface area contributed by atoms with Crippen LogP contribution in [0.25, 0.3) is 0 Å². The summed E-state index contributed by atoms with van der Waals surface area (Å²) in [5, 5.41) is 0. The Balaban J connectivity index is 2.35. The van der Waals surface area contributed by atoms with Crippen LogP contribution in [0.4, 0.5) is 0 Å². The summed E-state index contributed by atoms with van der Waals surface area (Å²) < 4.78 is 38.2.